The number of nitrogens with one attached hydrogen (secondary N) is 2. The highest BCUT2D eigenvalue weighted by Gasteiger charge is 2.14. The Morgan fingerprint density at radius 3 is 2.76 bits per heavy atom. The average molecular weight is 244 g/mol. The zero-order valence-electron chi connectivity index (χ0n) is 10.8. The molecule has 1 heterocycles. The van der Waals surface area contributed by atoms with Crippen LogP contribution in [-0.4, -0.2) is 51.0 Å². The molecule has 1 saturated heterocycles. The lowest BCUT2D eigenvalue weighted by atomic mass is 10.1. The zero-order valence-corrected chi connectivity index (χ0v) is 10.8. The lowest BCUT2D eigenvalue weighted by Gasteiger charge is -2.22. The van der Waals surface area contributed by atoms with Gasteiger partial charge in [0.05, 0.1) is 18.8 Å². The van der Waals surface area contributed by atoms with Gasteiger partial charge in [-0.15, -0.1) is 0 Å². The van der Waals surface area contributed by atoms with Crippen molar-refractivity contribution in [3.8, 4) is 0 Å². The Morgan fingerprint density at radius 1 is 1.41 bits per heavy atom. The fraction of sp³-hybridized carbons (Fsp3) is 0.917. The fourth-order valence-electron chi connectivity index (χ4n) is 1.69. The van der Waals surface area contributed by atoms with Crippen LogP contribution in [0.1, 0.15) is 26.7 Å². The second-order valence-electron chi connectivity index (χ2n) is 4.53. The summed E-state index contributed by atoms with van der Waals surface area (Å²) in [6.45, 7) is 7.17. The first-order valence-corrected chi connectivity index (χ1v) is 6.39. The van der Waals surface area contributed by atoms with Crippen LogP contribution in [0.25, 0.3) is 0 Å². The molecular weight excluding hydrogens is 220 g/mol. The number of carbonyl (C=O) groups is 1. The van der Waals surface area contributed by atoms with E-state index in [1.807, 2.05) is 13.8 Å². The van der Waals surface area contributed by atoms with E-state index in [4.69, 9.17) is 9.47 Å². The number of hydrogen-bond donors (Lipinski definition) is 2. The van der Waals surface area contributed by atoms with Crippen LogP contribution in [-0.2, 0) is 14.3 Å². The van der Waals surface area contributed by atoms with E-state index in [0.717, 1.165) is 25.9 Å². The molecule has 17 heavy (non-hydrogen) atoms. The number of amides is 1. The molecule has 0 aromatic heterocycles. The Balaban J connectivity index is 1.96. The van der Waals surface area contributed by atoms with Crippen LogP contribution < -0.4 is 10.6 Å². The van der Waals surface area contributed by atoms with Gasteiger partial charge in [-0.3, -0.25) is 4.79 Å². The number of carbonyl (C=O) groups excluding carboxylic acids is 1. The number of hydrogen-bond acceptors (Lipinski definition) is 4. The molecule has 5 heteroatoms. The van der Waals surface area contributed by atoms with E-state index < -0.39 is 0 Å². The SMILES string of the molecule is CC(C)OCCNC(=O)COC1CCNCC1. The van der Waals surface area contributed by atoms with Crippen molar-refractivity contribution in [2.45, 2.75) is 38.9 Å². The van der Waals surface area contributed by atoms with E-state index in [9.17, 15) is 4.79 Å². The first-order chi connectivity index (χ1) is 8.18. The maximum atomic E-state index is 11.4. The van der Waals surface area contributed by atoms with E-state index in [1.54, 1.807) is 0 Å². The smallest absolute Gasteiger partial charge is 0.246 e. The van der Waals surface area contributed by atoms with E-state index in [-0.39, 0.29) is 24.7 Å². The molecule has 100 valence electrons. The van der Waals surface area contributed by atoms with Gasteiger partial charge in [-0.1, -0.05) is 0 Å². The van der Waals surface area contributed by atoms with Crippen LogP contribution in [0.3, 0.4) is 0 Å². The molecular formula is C12H24N2O3. The van der Waals surface area contributed by atoms with Gasteiger partial charge in [0.15, 0.2) is 0 Å². The minimum atomic E-state index is -0.0594. The van der Waals surface area contributed by atoms with E-state index >= 15 is 0 Å². The molecule has 0 saturated carbocycles. The van der Waals surface area contributed by atoms with Crippen molar-refractivity contribution in [1.29, 1.82) is 0 Å². The van der Waals surface area contributed by atoms with Crippen LogP contribution in [0.5, 0.6) is 0 Å². The molecule has 1 fully saturated rings. The van der Waals surface area contributed by atoms with Gasteiger partial charge in [-0.2, -0.15) is 0 Å². The monoisotopic (exact) mass is 244 g/mol. The predicted molar refractivity (Wildman–Crippen MR) is 65.9 cm³/mol. The summed E-state index contributed by atoms with van der Waals surface area (Å²) < 4.78 is 10.9. The van der Waals surface area contributed by atoms with E-state index in [0.29, 0.717) is 13.2 Å². The van der Waals surface area contributed by atoms with E-state index in [2.05, 4.69) is 10.6 Å². The topological polar surface area (TPSA) is 59.6 Å². The van der Waals surface area contributed by atoms with Crippen LogP contribution in [0.2, 0.25) is 0 Å². The molecule has 0 unspecified atom stereocenters. The summed E-state index contributed by atoms with van der Waals surface area (Å²) in [7, 11) is 0. The molecule has 0 atom stereocenters. The normalized spacial score (nSPS) is 17.4. The number of rotatable bonds is 7. The van der Waals surface area contributed by atoms with Crippen molar-refractivity contribution < 1.29 is 14.3 Å². The minimum absolute atomic E-state index is 0.0594. The van der Waals surface area contributed by atoms with Crippen LogP contribution in [0.15, 0.2) is 0 Å². The minimum Gasteiger partial charge on any atom is -0.377 e. The van der Waals surface area contributed by atoms with Gasteiger partial charge in [-0.05, 0) is 39.8 Å². The maximum Gasteiger partial charge on any atom is 0.246 e. The highest BCUT2D eigenvalue weighted by Crippen LogP contribution is 2.06. The summed E-state index contributed by atoms with van der Waals surface area (Å²) in [6.07, 6.45) is 2.42. The Bertz CT molecular complexity index is 216. The second kappa shape index (κ2) is 8.44. The summed E-state index contributed by atoms with van der Waals surface area (Å²) in [5.74, 6) is -0.0594. The quantitative estimate of drug-likeness (QED) is 0.632. The molecule has 5 nitrogen and oxygen atoms in total. The molecule has 2 N–H and O–H groups in total. The lowest BCUT2D eigenvalue weighted by Crippen LogP contribution is -2.36. The van der Waals surface area contributed by atoms with Crippen molar-refractivity contribution in [1.82, 2.24) is 10.6 Å². The summed E-state index contributed by atoms with van der Waals surface area (Å²) in [6, 6.07) is 0. The Labute approximate surface area is 103 Å². The standard InChI is InChI=1S/C12H24N2O3/c1-10(2)16-8-7-14-12(15)9-17-11-3-5-13-6-4-11/h10-11,13H,3-9H2,1-2H3,(H,14,15). The highest BCUT2D eigenvalue weighted by molar-refractivity contribution is 5.77. The first-order valence-electron chi connectivity index (χ1n) is 6.39. The predicted octanol–water partition coefficient (Wildman–Crippen LogP) is 0.296. The van der Waals surface area contributed by atoms with Crippen molar-refractivity contribution in [2.75, 3.05) is 32.8 Å². The Hall–Kier alpha value is -0.650. The number of piperidine rings is 1. The lowest BCUT2D eigenvalue weighted by molar-refractivity contribution is -0.128. The van der Waals surface area contributed by atoms with Crippen molar-refractivity contribution in [3.05, 3.63) is 0 Å². The molecule has 1 aliphatic heterocycles. The molecule has 1 aliphatic rings. The van der Waals surface area contributed by atoms with Crippen molar-refractivity contribution in [3.63, 3.8) is 0 Å². The van der Waals surface area contributed by atoms with Crippen LogP contribution in [0.4, 0.5) is 0 Å². The molecule has 0 aromatic rings. The summed E-state index contributed by atoms with van der Waals surface area (Å²) in [5, 5.41) is 6.03. The molecule has 0 bridgehead atoms. The molecule has 0 aliphatic carbocycles. The summed E-state index contributed by atoms with van der Waals surface area (Å²) in [4.78, 5) is 11.4. The third kappa shape index (κ3) is 7.31. The van der Waals surface area contributed by atoms with Gasteiger partial charge >= 0.3 is 0 Å². The van der Waals surface area contributed by atoms with Gasteiger partial charge < -0.3 is 20.1 Å². The van der Waals surface area contributed by atoms with Gasteiger partial charge in [0.25, 0.3) is 0 Å². The fourth-order valence-corrected chi connectivity index (χ4v) is 1.69. The summed E-state index contributed by atoms with van der Waals surface area (Å²) >= 11 is 0. The molecule has 1 rings (SSSR count). The number of ether oxygens (including phenoxy) is 2. The van der Waals surface area contributed by atoms with E-state index in [1.165, 1.54) is 0 Å². The maximum absolute atomic E-state index is 11.4. The van der Waals surface area contributed by atoms with Gasteiger partial charge in [0.2, 0.25) is 5.91 Å². The Kier molecular flexibility index (Phi) is 7.16. The van der Waals surface area contributed by atoms with Gasteiger partial charge in [0, 0.05) is 6.54 Å². The zero-order chi connectivity index (χ0) is 12.5. The van der Waals surface area contributed by atoms with Crippen LogP contribution >= 0.6 is 0 Å². The highest BCUT2D eigenvalue weighted by atomic mass is 16.5. The van der Waals surface area contributed by atoms with Gasteiger partial charge in [0.1, 0.15) is 6.61 Å². The van der Waals surface area contributed by atoms with Crippen molar-refractivity contribution >= 4 is 5.91 Å². The average Bonchev–Trinajstić information content (AvgIpc) is 2.33. The Morgan fingerprint density at radius 2 is 2.12 bits per heavy atom. The molecule has 1 amide bonds. The third-order valence-corrected chi connectivity index (χ3v) is 2.61. The second-order valence-corrected chi connectivity index (χ2v) is 4.53. The largest absolute Gasteiger partial charge is 0.377 e. The molecule has 0 spiro atoms. The third-order valence-electron chi connectivity index (χ3n) is 2.61. The van der Waals surface area contributed by atoms with Gasteiger partial charge in [-0.25, -0.2) is 0 Å². The summed E-state index contributed by atoms with van der Waals surface area (Å²) in [5.41, 5.74) is 0. The van der Waals surface area contributed by atoms with Crippen molar-refractivity contribution in [2.24, 2.45) is 0 Å². The van der Waals surface area contributed by atoms with Crippen LogP contribution in [0, 0.1) is 0 Å². The first kappa shape index (κ1) is 14.4. The molecule has 0 radical (unpaired) electrons. The molecule has 0 aromatic carbocycles.